The van der Waals surface area contributed by atoms with Crippen LogP contribution in [0, 0.1) is 13.8 Å². The Labute approximate surface area is 67.1 Å². The second-order valence-electron chi connectivity index (χ2n) is 2.74. The topological polar surface area (TPSA) is 24.1 Å². The van der Waals surface area contributed by atoms with Crippen LogP contribution in [0.4, 0.5) is 0 Å². The summed E-state index contributed by atoms with van der Waals surface area (Å²) in [5.74, 6) is 0.352. The van der Waals surface area contributed by atoms with Crippen molar-refractivity contribution in [1.29, 1.82) is 0 Å². The van der Waals surface area contributed by atoms with Gasteiger partial charge in [-0.25, -0.2) is 4.57 Å². The maximum absolute atomic E-state index is 9.20. The molecule has 1 rings (SSSR count). The molecule has 1 N–H and O–H groups in total. The number of aromatic hydroxyl groups is 1. The van der Waals surface area contributed by atoms with Crippen molar-refractivity contribution in [3.63, 3.8) is 0 Å². The van der Waals surface area contributed by atoms with Crippen molar-refractivity contribution in [3.8, 4) is 5.75 Å². The first kappa shape index (κ1) is 8.05. The van der Waals surface area contributed by atoms with Crippen LogP contribution in [0.5, 0.6) is 5.75 Å². The minimum Gasteiger partial charge on any atom is -0.507 e. The summed E-state index contributed by atoms with van der Waals surface area (Å²) >= 11 is 0. The van der Waals surface area contributed by atoms with Crippen molar-refractivity contribution in [2.45, 2.75) is 27.3 Å². The van der Waals surface area contributed by atoms with Crippen molar-refractivity contribution in [1.82, 2.24) is 0 Å². The van der Waals surface area contributed by atoms with E-state index in [1.54, 1.807) is 12.1 Å². The number of hydrogen-bond acceptors (Lipinski definition) is 1. The van der Waals surface area contributed by atoms with Crippen molar-refractivity contribution in [2.24, 2.45) is 0 Å². The number of nitrogens with zero attached hydrogens (tertiary/aromatic N) is 1. The number of hydrogen-bond donors (Lipinski definition) is 1. The SMILES string of the molecule is CC[n+]1c(C)cc(O)cc1C. The zero-order valence-corrected chi connectivity index (χ0v) is 7.26. The van der Waals surface area contributed by atoms with Crippen LogP contribution in [0.25, 0.3) is 0 Å². The maximum atomic E-state index is 9.20. The molecule has 0 saturated carbocycles. The molecule has 0 aliphatic rings. The van der Waals surface area contributed by atoms with Crippen molar-refractivity contribution < 1.29 is 9.67 Å². The summed E-state index contributed by atoms with van der Waals surface area (Å²) < 4.78 is 2.15. The highest BCUT2D eigenvalue weighted by molar-refractivity contribution is 5.20. The zero-order valence-electron chi connectivity index (χ0n) is 7.26. The minimum atomic E-state index is 0.352. The average molecular weight is 152 g/mol. The molecule has 0 radical (unpaired) electrons. The number of aryl methyl sites for hydroxylation is 2. The normalized spacial score (nSPS) is 10.1. The minimum absolute atomic E-state index is 0.352. The van der Waals surface area contributed by atoms with Gasteiger partial charge in [0.1, 0.15) is 12.3 Å². The van der Waals surface area contributed by atoms with E-state index in [1.165, 1.54) is 0 Å². The summed E-state index contributed by atoms with van der Waals surface area (Å²) in [5.41, 5.74) is 2.20. The molecule has 0 aliphatic carbocycles. The molecule has 0 spiro atoms. The lowest BCUT2D eigenvalue weighted by atomic mass is 10.3. The van der Waals surface area contributed by atoms with Gasteiger partial charge in [0.25, 0.3) is 0 Å². The molecule has 11 heavy (non-hydrogen) atoms. The molecule has 0 bridgehead atoms. The molecule has 0 unspecified atom stereocenters. The molecule has 2 nitrogen and oxygen atoms in total. The van der Waals surface area contributed by atoms with E-state index in [-0.39, 0.29) is 0 Å². The van der Waals surface area contributed by atoms with E-state index in [1.807, 2.05) is 13.8 Å². The molecule has 0 aromatic carbocycles. The fraction of sp³-hybridized carbons (Fsp3) is 0.444. The predicted octanol–water partition coefficient (Wildman–Crippen LogP) is 1.32. The van der Waals surface area contributed by atoms with Crippen LogP contribution >= 0.6 is 0 Å². The van der Waals surface area contributed by atoms with Crippen LogP contribution in [0.15, 0.2) is 12.1 Å². The lowest BCUT2D eigenvalue weighted by Crippen LogP contribution is -2.38. The Morgan fingerprint density at radius 1 is 1.27 bits per heavy atom. The van der Waals surface area contributed by atoms with E-state index in [0.717, 1.165) is 17.9 Å². The van der Waals surface area contributed by atoms with Crippen molar-refractivity contribution in [2.75, 3.05) is 0 Å². The predicted molar refractivity (Wildman–Crippen MR) is 43.4 cm³/mol. The molecule has 0 fully saturated rings. The van der Waals surface area contributed by atoms with Gasteiger partial charge in [-0.3, -0.25) is 0 Å². The first-order chi connectivity index (χ1) is 5.15. The molecular weight excluding hydrogens is 138 g/mol. The monoisotopic (exact) mass is 152 g/mol. The van der Waals surface area contributed by atoms with E-state index < -0.39 is 0 Å². The Morgan fingerprint density at radius 3 is 2.09 bits per heavy atom. The van der Waals surface area contributed by atoms with Gasteiger partial charge in [0.05, 0.1) is 0 Å². The van der Waals surface area contributed by atoms with Gasteiger partial charge in [-0.05, 0) is 6.92 Å². The molecule has 1 aromatic heterocycles. The van der Waals surface area contributed by atoms with Gasteiger partial charge in [0.15, 0.2) is 11.4 Å². The maximum Gasteiger partial charge on any atom is 0.182 e. The molecule has 1 heterocycles. The zero-order chi connectivity index (χ0) is 8.43. The Hall–Kier alpha value is -1.05. The van der Waals surface area contributed by atoms with E-state index in [9.17, 15) is 5.11 Å². The highest BCUT2D eigenvalue weighted by Crippen LogP contribution is 2.08. The van der Waals surface area contributed by atoms with Crippen molar-refractivity contribution in [3.05, 3.63) is 23.5 Å². The summed E-state index contributed by atoms with van der Waals surface area (Å²) in [6, 6.07) is 3.55. The van der Waals surface area contributed by atoms with E-state index in [0.29, 0.717) is 5.75 Å². The molecule has 1 aromatic rings. The van der Waals surface area contributed by atoms with Crippen molar-refractivity contribution >= 4 is 0 Å². The summed E-state index contributed by atoms with van der Waals surface area (Å²) in [6.07, 6.45) is 0. The van der Waals surface area contributed by atoms with Gasteiger partial charge in [-0.2, -0.15) is 0 Å². The largest absolute Gasteiger partial charge is 0.507 e. The number of rotatable bonds is 1. The lowest BCUT2D eigenvalue weighted by Gasteiger charge is -2.00. The standard InChI is InChI=1S/C9H13NO/c1-4-10-7(2)5-9(11)6-8(10)3/h5-6H,4H2,1-3H3/p+1. The third-order valence-electron chi connectivity index (χ3n) is 1.88. The van der Waals surface area contributed by atoms with Crippen LogP contribution in [0.2, 0.25) is 0 Å². The van der Waals surface area contributed by atoms with E-state index >= 15 is 0 Å². The summed E-state index contributed by atoms with van der Waals surface area (Å²) in [5, 5.41) is 9.20. The molecule has 0 amide bonds. The quantitative estimate of drug-likeness (QED) is 0.603. The second-order valence-corrected chi connectivity index (χ2v) is 2.74. The van der Waals surface area contributed by atoms with Gasteiger partial charge in [0, 0.05) is 26.0 Å². The highest BCUT2D eigenvalue weighted by atomic mass is 16.3. The Balaban J connectivity index is 3.25. The molecule has 2 heteroatoms. The van der Waals surface area contributed by atoms with Gasteiger partial charge < -0.3 is 5.11 Å². The van der Waals surface area contributed by atoms with Crippen LogP contribution in [-0.2, 0) is 6.54 Å². The van der Waals surface area contributed by atoms with Crippen LogP contribution in [-0.4, -0.2) is 5.11 Å². The van der Waals surface area contributed by atoms with Gasteiger partial charge >= 0.3 is 0 Å². The highest BCUT2D eigenvalue weighted by Gasteiger charge is 2.08. The van der Waals surface area contributed by atoms with Gasteiger partial charge in [-0.15, -0.1) is 0 Å². The fourth-order valence-electron chi connectivity index (χ4n) is 1.40. The second kappa shape index (κ2) is 2.91. The van der Waals surface area contributed by atoms with Gasteiger partial charge in [-0.1, -0.05) is 0 Å². The van der Waals surface area contributed by atoms with Crippen LogP contribution < -0.4 is 4.57 Å². The molecule has 60 valence electrons. The third kappa shape index (κ3) is 1.50. The molecule has 0 aliphatic heterocycles. The molecule has 0 atom stereocenters. The Bertz CT molecular complexity index is 245. The third-order valence-corrected chi connectivity index (χ3v) is 1.88. The summed E-state index contributed by atoms with van der Waals surface area (Å²) in [4.78, 5) is 0. The number of pyridine rings is 1. The lowest BCUT2D eigenvalue weighted by molar-refractivity contribution is -0.705. The van der Waals surface area contributed by atoms with E-state index in [2.05, 4.69) is 11.5 Å². The van der Waals surface area contributed by atoms with Gasteiger partial charge in [0.2, 0.25) is 0 Å². The summed E-state index contributed by atoms with van der Waals surface area (Å²) in [6.45, 7) is 7.04. The average Bonchev–Trinajstić information content (AvgIpc) is 1.85. The molecular formula is C9H14NO+. The fourth-order valence-corrected chi connectivity index (χ4v) is 1.40. The number of aromatic nitrogens is 1. The molecule has 0 saturated heterocycles. The smallest absolute Gasteiger partial charge is 0.182 e. The first-order valence-corrected chi connectivity index (χ1v) is 3.85. The van der Waals surface area contributed by atoms with E-state index in [4.69, 9.17) is 0 Å². The van der Waals surface area contributed by atoms with Crippen LogP contribution in [0.1, 0.15) is 18.3 Å². The van der Waals surface area contributed by atoms with Crippen LogP contribution in [0.3, 0.4) is 0 Å². The summed E-state index contributed by atoms with van der Waals surface area (Å²) in [7, 11) is 0. The Kier molecular flexibility index (Phi) is 2.13. The first-order valence-electron chi connectivity index (χ1n) is 3.85. The Morgan fingerprint density at radius 2 is 1.73 bits per heavy atom.